The van der Waals surface area contributed by atoms with E-state index in [2.05, 4.69) is 41.8 Å². The van der Waals surface area contributed by atoms with Crippen molar-refractivity contribution in [3.63, 3.8) is 0 Å². The van der Waals surface area contributed by atoms with Gasteiger partial charge in [-0.15, -0.1) is 0 Å². The van der Waals surface area contributed by atoms with Crippen molar-refractivity contribution in [3.8, 4) is 0 Å². The van der Waals surface area contributed by atoms with Crippen LogP contribution in [0.2, 0.25) is 0 Å². The van der Waals surface area contributed by atoms with Crippen LogP contribution in [0.4, 0.5) is 0 Å². The maximum absolute atomic E-state index is 12.4. The number of benzene rings is 1. The molecule has 0 radical (unpaired) electrons. The second-order valence-corrected chi connectivity index (χ2v) is 5.87. The van der Waals surface area contributed by atoms with Gasteiger partial charge in [-0.2, -0.15) is 0 Å². The fourth-order valence-electron chi connectivity index (χ4n) is 3.37. The fourth-order valence-corrected chi connectivity index (χ4v) is 3.37. The molecule has 1 aliphatic carbocycles. The van der Waals surface area contributed by atoms with Crippen molar-refractivity contribution in [2.45, 2.75) is 44.7 Å². The molecule has 1 aliphatic heterocycles. The molecule has 2 aliphatic rings. The van der Waals surface area contributed by atoms with E-state index in [1.54, 1.807) is 0 Å². The summed E-state index contributed by atoms with van der Waals surface area (Å²) in [6.45, 7) is 3.16. The van der Waals surface area contributed by atoms with Crippen molar-refractivity contribution in [1.82, 2.24) is 10.6 Å². The summed E-state index contributed by atoms with van der Waals surface area (Å²) in [6.07, 6.45) is 4.08. The van der Waals surface area contributed by atoms with E-state index in [4.69, 9.17) is 0 Å². The Hall–Kier alpha value is -1.35. The number of carbonyl (C=O) groups is 1. The lowest BCUT2D eigenvalue weighted by atomic mass is 9.91. The van der Waals surface area contributed by atoms with E-state index in [0.717, 1.165) is 32.2 Å². The average Bonchev–Trinajstić information content (AvgIpc) is 2.81. The van der Waals surface area contributed by atoms with Crippen LogP contribution in [0.15, 0.2) is 24.3 Å². The third-order valence-electron chi connectivity index (χ3n) is 4.50. The van der Waals surface area contributed by atoms with Crippen LogP contribution in [0, 0.1) is 5.92 Å². The van der Waals surface area contributed by atoms with Crippen LogP contribution in [-0.4, -0.2) is 24.5 Å². The molecule has 1 saturated heterocycles. The number of hydrogen-bond acceptors (Lipinski definition) is 2. The van der Waals surface area contributed by atoms with Crippen molar-refractivity contribution in [1.29, 1.82) is 0 Å². The molecule has 0 saturated carbocycles. The third-order valence-corrected chi connectivity index (χ3v) is 4.50. The maximum Gasteiger partial charge on any atom is 0.224 e. The van der Waals surface area contributed by atoms with Crippen LogP contribution in [0.25, 0.3) is 0 Å². The zero-order valence-electron chi connectivity index (χ0n) is 11.5. The van der Waals surface area contributed by atoms with Gasteiger partial charge in [0.1, 0.15) is 0 Å². The van der Waals surface area contributed by atoms with Gasteiger partial charge in [0, 0.05) is 12.1 Å². The quantitative estimate of drug-likeness (QED) is 0.847. The SMILES string of the molecule is CC1NCCCC1C(=O)NC1Cc2ccccc2C1. The van der Waals surface area contributed by atoms with Crippen molar-refractivity contribution in [2.24, 2.45) is 5.92 Å². The second kappa shape index (κ2) is 5.33. The molecule has 1 aromatic rings. The van der Waals surface area contributed by atoms with Gasteiger partial charge in [0.15, 0.2) is 0 Å². The summed E-state index contributed by atoms with van der Waals surface area (Å²) in [5.74, 6) is 0.370. The Bertz CT molecular complexity index is 447. The van der Waals surface area contributed by atoms with Crippen molar-refractivity contribution in [2.75, 3.05) is 6.54 Å². The summed E-state index contributed by atoms with van der Waals surface area (Å²) in [5, 5.41) is 6.64. The summed E-state index contributed by atoms with van der Waals surface area (Å²) in [6, 6.07) is 9.10. The molecule has 3 rings (SSSR count). The van der Waals surface area contributed by atoms with E-state index in [9.17, 15) is 4.79 Å². The van der Waals surface area contributed by atoms with Crippen molar-refractivity contribution < 1.29 is 4.79 Å². The molecule has 3 nitrogen and oxygen atoms in total. The number of rotatable bonds is 2. The predicted molar refractivity (Wildman–Crippen MR) is 76.0 cm³/mol. The van der Waals surface area contributed by atoms with E-state index in [1.165, 1.54) is 11.1 Å². The van der Waals surface area contributed by atoms with Gasteiger partial charge in [0.2, 0.25) is 5.91 Å². The summed E-state index contributed by atoms with van der Waals surface area (Å²) < 4.78 is 0. The molecule has 1 fully saturated rings. The molecule has 1 amide bonds. The Morgan fingerprint density at radius 3 is 2.58 bits per heavy atom. The minimum absolute atomic E-state index is 0.137. The highest BCUT2D eigenvalue weighted by Crippen LogP contribution is 2.23. The summed E-state index contributed by atoms with van der Waals surface area (Å²) in [4.78, 5) is 12.4. The largest absolute Gasteiger partial charge is 0.352 e. The van der Waals surface area contributed by atoms with Crippen LogP contribution in [0.5, 0.6) is 0 Å². The van der Waals surface area contributed by atoms with Gasteiger partial charge in [0.25, 0.3) is 0 Å². The molecular weight excluding hydrogens is 236 g/mol. The Morgan fingerprint density at radius 1 is 1.26 bits per heavy atom. The summed E-state index contributed by atoms with van der Waals surface area (Å²) in [7, 11) is 0. The van der Waals surface area contributed by atoms with Gasteiger partial charge in [0.05, 0.1) is 5.92 Å². The van der Waals surface area contributed by atoms with Gasteiger partial charge < -0.3 is 10.6 Å². The predicted octanol–water partition coefficient (Wildman–Crippen LogP) is 1.66. The molecule has 3 heteroatoms. The first-order valence-corrected chi connectivity index (χ1v) is 7.34. The molecule has 0 spiro atoms. The van der Waals surface area contributed by atoms with Crippen LogP contribution in [-0.2, 0) is 17.6 Å². The lowest BCUT2D eigenvalue weighted by molar-refractivity contribution is -0.127. The van der Waals surface area contributed by atoms with E-state index in [0.29, 0.717) is 12.1 Å². The zero-order chi connectivity index (χ0) is 13.2. The highest BCUT2D eigenvalue weighted by atomic mass is 16.2. The van der Waals surface area contributed by atoms with E-state index in [1.807, 2.05) is 0 Å². The first kappa shape index (κ1) is 12.7. The number of nitrogens with one attached hydrogen (secondary N) is 2. The molecule has 0 bridgehead atoms. The van der Waals surface area contributed by atoms with Gasteiger partial charge >= 0.3 is 0 Å². The first-order valence-electron chi connectivity index (χ1n) is 7.34. The number of carbonyl (C=O) groups excluding carboxylic acids is 1. The van der Waals surface area contributed by atoms with E-state index >= 15 is 0 Å². The Morgan fingerprint density at radius 2 is 1.95 bits per heavy atom. The monoisotopic (exact) mass is 258 g/mol. The molecule has 102 valence electrons. The molecule has 2 N–H and O–H groups in total. The number of amides is 1. The molecule has 0 aromatic heterocycles. The lowest BCUT2D eigenvalue weighted by Crippen LogP contribution is -2.49. The van der Waals surface area contributed by atoms with E-state index in [-0.39, 0.29) is 11.8 Å². The standard InChI is InChI=1S/C16H22N2O/c1-11-15(7-4-8-17-11)16(19)18-14-9-12-5-2-3-6-13(12)10-14/h2-3,5-6,11,14-15,17H,4,7-10H2,1H3,(H,18,19). The number of hydrogen-bond donors (Lipinski definition) is 2. The van der Waals surface area contributed by atoms with Crippen molar-refractivity contribution in [3.05, 3.63) is 35.4 Å². The molecule has 1 aromatic carbocycles. The highest BCUT2D eigenvalue weighted by Gasteiger charge is 2.30. The normalized spacial score (nSPS) is 27.0. The zero-order valence-corrected chi connectivity index (χ0v) is 11.5. The molecular formula is C16H22N2O. The van der Waals surface area contributed by atoms with Gasteiger partial charge in [-0.25, -0.2) is 0 Å². The fraction of sp³-hybridized carbons (Fsp3) is 0.562. The Kier molecular flexibility index (Phi) is 3.56. The van der Waals surface area contributed by atoms with Crippen LogP contribution < -0.4 is 10.6 Å². The van der Waals surface area contributed by atoms with Crippen LogP contribution in [0.1, 0.15) is 30.9 Å². The second-order valence-electron chi connectivity index (χ2n) is 5.87. The van der Waals surface area contributed by atoms with E-state index < -0.39 is 0 Å². The smallest absolute Gasteiger partial charge is 0.224 e. The third kappa shape index (κ3) is 2.66. The topological polar surface area (TPSA) is 41.1 Å². The maximum atomic E-state index is 12.4. The molecule has 2 atom stereocenters. The average molecular weight is 258 g/mol. The molecule has 1 heterocycles. The molecule has 19 heavy (non-hydrogen) atoms. The van der Waals surface area contributed by atoms with Gasteiger partial charge in [-0.3, -0.25) is 4.79 Å². The van der Waals surface area contributed by atoms with Crippen molar-refractivity contribution >= 4 is 5.91 Å². The number of piperidine rings is 1. The summed E-state index contributed by atoms with van der Waals surface area (Å²) >= 11 is 0. The Balaban J connectivity index is 1.59. The first-order chi connectivity index (χ1) is 9.24. The minimum atomic E-state index is 0.137. The lowest BCUT2D eigenvalue weighted by Gasteiger charge is -2.29. The van der Waals surface area contributed by atoms with Crippen LogP contribution in [0.3, 0.4) is 0 Å². The van der Waals surface area contributed by atoms with Crippen LogP contribution >= 0.6 is 0 Å². The summed E-state index contributed by atoms with van der Waals surface area (Å²) in [5.41, 5.74) is 2.78. The van der Waals surface area contributed by atoms with Gasteiger partial charge in [-0.05, 0) is 50.3 Å². The Labute approximate surface area is 114 Å². The van der Waals surface area contributed by atoms with Gasteiger partial charge in [-0.1, -0.05) is 24.3 Å². The number of fused-ring (bicyclic) bond motifs is 1. The highest BCUT2D eigenvalue weighted by molar-refractivity contribution is 5.80. The minimum Gasteiger partial charge on any atom is -0.352 e. The molecule has 2 unspecified atom stereocenters.